The van der Waals surface area contributed by atoms with Crippen LogP contribution in [0.25, 0.3) is 6.08 Å². The molecule has 170 valence electrons. The predicted octanol–water partition coefficient (Wildman–Crippen LogP) is 2.90. The number of benzene rings is 2. The van der Waals surface area contributed by atoms with Crippen LogP contribution in [0.3, 0.4) is 0 Å². The average molecular weight is 440 g/mol. The van der Waals surface area contributed by atoms with Gasteiger partial charge in [0.1, 0.15) is 5.75 Å². The third-order valence-electron chi connectivity index (χ3n) is 5.27. The smallest absolute Gasteiger partial charge is 0.244 e. The van der Waals surface area contributed by atoms with Crippen LogP contribution in [-0.4, -0.2) is 53.3 Å². The van der Waals surface area contributed by atoms with Gasteiger partial charge < -0.3 is 29.2 Å². The first-order chi connectivity index (χ1) is 15.5. The van der Waals surface area contributed by atoms with E-state index >= 15 is 0 Å². The van der Waals surface area contributed by atoms with Crippen LogP contribution in [0, 0.1) is 5.92 Å². The third kappa shape index (κ3) is 5.32. The summed E-state index contributed by atoms with van der Waals surface area (Å²) in [6.45, 7) is 0.971. The first kappa shape index (κ1) is 23.0. The average Bonchev–Trinajstić information content (AvgIpc) is 3.20. The van der Waals surface area contributed by atoms with Gasteiger partial charge in [0.25, 0.3) is 0 Å². The molecule has 0 bridgehead atoms. The number of nitrogens with zero attached hydrogens (tertiary/aromatic N) is 1. The number of anilines is 1. The molecular formula is C24H28N2O6. The molecule has 1 saturated heterocycles. The van der Waals surface area contributed by atoms with Crippen molar-refractivity contribution in [1.29, 1.82) is 0 Å². The monoisotopic (exact) mass is 440 g/mol. The van der Waals surface area contributed by atoms with Crippen LogP contribution >= 0.6 is 0 Å². The fourth-order valence-electron chi connectivity index (χ4n) is 3.60. The number of carbonyl (C=O) groups is 2. The second kappa shape index (κ2) is 10.6. The Kier molecular flexibility index (Phi) is 7.59. The van der Waals surface area contributed by atoms with Gasteiger partial charge in [-0.25, -0.2) is 0 Å². The number of hydrogen-bond donors (Lipinski definition) is 1. The Bertz CT molecular complexity index is 961. The van der Waals surface area contributed by atoms with Crippen molar-refractivity contribution in [2.75, 3.05) is 46.4 Å². The lowest BCUT2D eigenvalue weighted by molar-refractivity contribution is -0.118. The normalized spacial score (nSPS) is 15.7. The van der Waals surface area contributed by atoms with Crippen molar-refractivity contribution in [2.45, 2.75) is 6.42 Å². The van der Waals surface area contributed by atoms with E-state index < -0.39 is 0 Å². The van der Waals surface area contributed by atoms with Gasteiger partial charge in [-0.05, 0) is 48.0 Å². The molecule has 1 unspecified atom stereocenters. The topological polar surface area (TPSA) is 86.3 Å². The number of nitrogens with one attached hydrogen (secondary N) is 1. The fourth-order valence-corrected chi connectivity index (χ4v) is 3.60. The molecule has 1 atom stereocenters. The highest BCUT2D eigenvalue weighted by Gasteiger charge is 2.30. The van der Waals surface area contributed by atoms with Gasteiger partial charge in [-0.3, -0.25) is 9.59 Å². The number of amides is 2. The van der Waals surface area contributed by atoms with Gasteiger partial charge in [-0.2, -0.15) is 0 Å². The van der Waals surface area contributed by atoms with Gasteiger partial charge in [0, 0.05) is 37.2 Å². The van der Waals surface area contributed by atoms with Crippen LogP contribution < -0.4 is 29.2 Å². The van der Waals surface area contributed by atoms with Crippen molar-refractivity contribution in [3.63, 3.8) is 0 Å². The molecule has 32 heavy (non-hydrogen) atoms. The highest BCUT2D eigenvalue weighted by atomic mass is 16.5. The van der Waals surface area contributed by atoms with Crippen LogP contribution in [0.2, 0.25) is 0 Å². The maximum Gasteiger partial charge on any atom is 0.244 e. The van der Waals surface area contributed by atoms with Gasteiger partial charge in [0.2, 0.25) is 17.6 Å². The Morgan fingerprint density at radius 3 is 2.25 bits per heavy atom. The van der Waals surface area contributed by atoms with E-state index in [1.807, 2.05) is 24.3 Å². The highest BCUT2D eigenvalue weighted by molar-refractivity contribution is 5.96. The van der Waals surface area contributed by atoms with Crippen molar-refractivity contribution >= 4 is 23.6 Å². The van der Waals surface area contributed by atoms with E-state index in [4.69, 9.17) is 18.9 Å². The maximum absolute atomic E-state index is 12.4. The second-order valence-corrected chi connectivity index (χ2v) is 7.31. The van der Waals surface area contributed by atoms with Crippen molar-refractivity contribution in [3.05, 3.63) is 48.0 Å². The Morgan fingerprint density at radius 1 is 1.03 bits per heavy atom. The molecule has 2 aromatic rings. The van der Waals surface area contributed by atoms with E-state index in [0.717, 1.165) is 17.0 Å². The molecule has 0 aliphatic carbocycles. The van der Waals surface area contributed by atoms with Gasteiger partial charge in [-0.15, -0.1) is 0 Å². The van der Waals surface area contributed by atoms with Crippen LogP contribution in [0.15, 0.2) is 42.5 Å². The number of methoxy groups -OCH3 is 4. The summed E-state index contributed by atoms with van der Waals surface area (Å²) in [4.78, 5) is 26.5. The van der Waals surface area contributed by atoms with E-state index in [1.54, 1.807) is 30.2 Å². The molecule has 1 fully saturated rings. The highest BCUT2D eigenvalue weighted by Crippen LogP contribution is 2.38. The minimum atomic E-state index is -0.242. The van der Waals surface area contributed by atoms with Gasteiger partial charge in [0.15, 0.2) is 11.5 Å². The number of carbonyl (C=O) groups excluding carboxylic acids is 2. The SMILES string of the molecule is COc1ccc(N2CC(CNC(=O)/C=C\c3cc(OC)c(OC)c(OC)c3)CC2=O)cc1. The molecule has 8 heteroatoms. The minimum absolute atomic E-state index is 0.0439. The van der Waals surface area contributed by atoms with E-state index in [-0.39, 0.29) is 17.7 Å². The summed E-state index contributed by atoms with van der Waals surface area (Å²) in [5.74, 6) is 2.09. The molecule has 1 aliphatic heterocycles. The van der Waals surface area contributed by atoms with Gasteiger partial charge in [-0.1, -0.05) is 0 Å². The lowest BCUT2D eigenvalue weighted by atomic mass is 10.1. The molecule has 1 N–H and O–H groups in total. The first-order valence-corrected chi connectivity index (χ1v) is 10.2. The lowest BCUT2D eigenvalue weighted by Crippen LogP contribution is -2.30. The van der Waals surface area contributed by atoms with Crippen LogP contribution in [-0.2, 0) is 9.59 Å². The molecule has 2 amide bonds. The van der Waals surface area contributed by atoms with E-state index in [0.29, 0.717) is 36.8 Å². The van der Waals surface area contributed by atoms with E-state index in [2.05, 4.69) is 5.32 Å². The zero-order valence-electron chi connectivity index (χ0n) is 18.7. The summed E-state index contributed by atoms with van der Waals surface area (Å²) in [5, 5.41) is 2.87. The van der Waals surface area contributed by atoms with Crippen molar-refractivity contribution in [2.24, 2.45) is 5.92 Å². The summed E-state index contributed by atoms with van der Waals surface area (Å²) < 4.78 is 21.1. The molecule has 2 aromatic carbocycles. The first-order valence-electron chi connectivity index (χ1n) is 10.2. The minimum Gasteiger partial charge on any atom is -0.497 e. The summed E-state index contributed by atoms with van der Waals surface area (Å²) in [6.07, 6.45) is 3.50. The van der Waals surface area contributed by atoms with E-state index in [1.165, 1.54) is 27.4 Å². The zero-order valence-corrected chi connectivity index (χ0v) is 18.7. The van der Waals surface area contributed by atoms with Gasteiger partial charge >= 0.3 is 0 Å². The van der Waals surface area contributed by atoms with Crippen molar-refractivity contribution in [3.8, 4) is 23.0 Å². The zero-order chi connectivity index (χ0) is 23.1. The molecule has 1 aliphatic rings. The lowest BCUT2D eigenvalue weighted by Gasteiger charge is -2.17. The Labute approximate surface area is 187 Å². The van der Waals surface area contributed by atoms with Crippen molar-refractivity contribution < 1.29 is 28.5 Å². The summed E-state index contributed by atoms with van der Waals surface area (Å²) >= 11 is 0. The standard InChI is InChI=1S/C24H28N2O6/c1-29-19-8-6-18(7-9-19)26-15-17(13-23(26)28)14-25-22(27)10-5-16-11-20(30-2)24(32-4)21(12-16)31-3/h5-12,17H,13-15H2,1-4H3,(H,25,27)/b10-5-. The fraction of sp³-hybridized carbons (Fsp3) is 0.333. The Morgan fingerprint density at radius 2 is 1.69 bits per heavy atom. The predicted molar refractivity (Wildman–Crippen MR) is 122 cm³/mol. The van der Waals surface area contributed by atoms with Crippen molar-refractivity contribution in [1.82, 2.24) is 5.32 Å². The molecule has 0 spiro atoms. The Hall–Kier alpha value is -3.68. The molecule has 3 rings (SSSR count). The summed E-state index contributed by atoms with van der Waals surface area (Å²) in [6, 6.07) is 10.9. The molecule has 0 saturated carbocycles. The molecule has 1 heterocycles. The number of hydrogen-bond acceptors (Lipinski definition) is 6. The summed E-state index contributed by atoms with van der Waals surface area (Å²) in [5.41, 5.74) is 1.56. The van der Waals surface area contributed by atoms with Crippen LogP contribution in [0.1, 0.15) is 12.0 Å². The van der Waals surface area contributed by atoms with E-state index in [9.17, 15) is 9.59 Å². The molecule has 8 nitrogen and oxygen atoms in total. The molecule has 0 aromatic heterocycles. The quantitative estimate of drug-likeness (QED) is 0.604. The van der Waals surface area contributed by atoms with Gasteiger partial charge in [0.05, 0.1) is 28.4 Å². The van der Waals surface area contributed by atoms with Crippen LogP contribution in [0.5, 0.6) is 23.0 Å². The Balaban J connectivity index is 1.57. The summed E-state index contributed by atoms with van der Waals surface area (Å²) in [7, 11) is 6.21. The van der Waals surface area contributed by atoms with Crippen LogP contribution in [0.4, 0.5) is 5.69 Å². The third-order valence-corrected chi connectivity index (χ3v) is 5.27. The molecular weight excluding hydrogens is 412 g/mol. The second-order valence-electron chi connectivity index (χ2n) is 7.31. The number of rotatable bonds is 9. The largest absolute Gasteiger partial charge is 0.497 e. The number of ether oxygens (including phenoxy) is 4. The molecule has 0 radical (unpaired) electrons. The maximum atomic E-state index is 12.4.